The normalized spacial score (nSPS) is 12.8. The summed E-state index contributed by atoms with van der Waals surface area (Å²) in [6.07, 6.45) is 1.86. The number of rotatable bonds is 4. The van der Waals surface area contributed by atoms with Crippen molar-refractivity contribution in [3.63, 3.8) is 0 Å². The first kappa shape index (κ1) is 18.4. The Labute approximate surface area is 163 Å². The Kier molecular flexibility index (Phi) is 4.53. The zero-order valence-electron chi connectivity index (χ0n) is 16.5. The largest absolute Gasteiger partial charge is 0.462 e. The summed E-state index contributed by atoms with van der Waals surface area (Å²) < 4.78 is 21.4. The van der Waals surface area contributed by atoms with E-state index in [1.807, 2.05) is 18.3 Å². The predicted octanol–water partition coefficient (Wildman–Crippen LogP) is 5.31. The van der Waals surface area contributed by atoms with Gasteiger partial charge in [-0.2, -0.15) is 0 Å². The Hall–Kier alpha value is -2.95. The molecule has 0 amide bonds. The average molecular weight is 378 g/mol. The zero-order valence-corrected chi connectivity index (χ0v) is 16.5. The zero-order chi connectivity index (χ0) is 20.0. The Morgan fingerprint density at radius 2 is 2.07 bits per heavy atom. The number of carbonyl (C=O) groups is 1. The molecule has 4 rings (SSSR count). The fraction of sp³-hybridized carbons (Fsp3) is 0.304. The van der Waals surface area contributed by atoms with Crippen LogP contribution in [0.3, 0.4) is 0 Å². The maximum atomic E-state index is 13.9. The SMILES string of the molecule is CCOC(=O)c1c(C(C)C)n(-c2ccc(F)c(C)c2)c2cc3c(cc12)CN=C3. The van der Waals surface area contributed by atoms with Gasteiger partial charge in [0.15, 0.2) is 0 Å². The van der Waals surface area contributed by atoms with E-state index in [4.69, 9.17) is 4.74 Å². The third-order valence-electron chi connectivity index (χ3n) is 5.18. The summed E-state index contributed by atoms with van der Waals surface area (Å²) in [7, 11) is 0. The van der Waals surface area contributed by atoms with E-state index in [2.05, 4.69) is 29.5 Å². The highest BCUT2D eigenvalue weighted by Gasteiger charge is 2.27. The Bertz CT molecular complexity index is 1130. The van der Waals surface area contributed by atoms with Crippen LogP contribution in [0.4, 0.5) is 4.39 Å². The van der Waals surface area contributed by atoms with Gasteiger partial charge in [0.05, 0.1) is 24.2 Å². The van der Waals surface area contributed by atoms with E-state index in [-0.39, 0.29) is 17.7 Å². The van der Waals surface area contributed by atoms with Gasteiger partial charge >= 0.3 is 5.97 Å². The van der Waals surface area contributed by atoms with Crippen LogP contribution in [0.1, 0.15) is 59.4 Å². The number of ether oxygens (including phenoxy) is 1. The number of esters is 1. The fourth-order valence-electron chi connectivity index (χ4n) is 3.92. The molecule has 0 saturated carbocycles. The monoisotopic (exact) mass is 378 g/mol. The highest BCUT2D eigenvalue weighted by molar-refractivity contribution is 6.08. The van der Waals surface area contributed by atoms with Gasteiger partial charge in [0.25, 0.3) is 0 Å². The Morgan fingerprint density at radius 3 is 2.75 bits per heavy atom. The van der Waals surface area contributed by atoms with Crippen LogP contribution in [0.25, 0.3) is 16.6 Å². The highest BCUT2D eigenvalue weighted by Crippen LogP contribution is 2.37. The molecule has 0 fully saturated rings. The van der Waals surface area contributed by atoms with Gasteiger partial charge in [-0.1, -0.05) is 13.8 Å². The third-order valence-corrected chi connectivity index (χ3v) is 5.18. The third kappa shape index (κ3) is 2.82. The van der Waals surface area contributed by atoms with Crippen LogP contribution < -0.4 is 0 Å². The van der Waals surface area contributed by atoms with Crippen LogP contribution in [0.5, 0.6) is 0 Å². The standard InChI is InChI=1S/C23H23FN2O2/c1-5-28-23(27)21-18-9-15-11-25-12-16(15)10-20(18)26(22(21)13(2)3)17-6-7-19(24)14(4)8-17/h6-10,12-13H,5,11H2,1-4H3. The molecule has 1 aliphatic rings. The molecule has 28 heavy (non-hydrogen) atoms. The molecular formula is C23H23FN2O2. The van der Waals surface area contributed by atoms with Crippen molar-refractivity contribution in [2.75, 3.05) is 6.61 Å². The van der Waals surface area contributed by atoms with Gasteiger partial charge in [-0.05, 0) is 66.8 Å². The minimum atomic E-state index is -0.326. The van der Waals surface area contributed by atoms with Crippen LogP contribution in [-0.2, 0) is 11.3 Å². The second-order valence-corrected chi connectivity index (χ2v) is 7.44. The number of hydrogen-bond acceptors (Lipinski definition) is 3. The minimum absolute atomic E-state index is 0.0701. The molecule has 0 N–H and O–H groups in total. The second kappa shape index (κ2) is 6.89. The van der Waals surface area contributed by atoms with Gasteiger partial charge in [-0.3, -0.25) is 4.99 Å². The molecule has 0 unspecified atom stereocenters. The number of benzene rings is 2. The van der Waals surface area contributed by atoms with E-state index in [1.165, 1.54) is 6.07 Å². The van der Waals surface area contributed by atoms with E-state index in [9.17, 15) is 9.18 Å². The summed E-state index contributed by atoms with van der Waals surface area (Å²) in [6, 6.07) is 9.15. The second-order valence-electron chi connectivity index (χ2n) is 7.44. The van der Waals surface area contributed by atoms with Crippen LogP contribution in [0, 0.1) is 12.7 Å². The van der Waals surface area contributed by atoms with Crippen LogP contribution in [0.15, 0.2) is 35.3 Å². The maximum Gasteiger partial charge on any atom is 0.340 e. The number of aryl methyl sites for hydroxylation is 1. The summed E-state index contributed by atoms with van der Waals surface area (Å²) >= 11 is 0. The van der Waals surface area contributed by atoms with Crippen molar-refractivity contribution in [2.24, 2.45) is 4.99 Å². The predicted molar refractivity (Wildman–Crippen MR) is 109 cm³/mol. The summed E-state index contributed by atoms with van der Waals surface area (Å²) in [5.41, 5.74) is 5.91. The first-order chi connectivity index (χ1) is 13.4. The molecule has 1 aliphatic heterocycles. The molecule has 5 heteroatoms. The first-order valence-corrected chi connectivity index (χ1v) is 9.57. The number of aromatic nitrogens is 1. The molecule has 144 valence electrons. The fourth-order valence-corrected chi connectivity index (χ4v) is 3.92. The van der Waals surface area contributed by atoms with Gasteiger partial charge in [0.1, 0.15) is 5.82 Å². The summed E-state index contributed by atoms with van der Waals surface area (Å²) in [6.45, 7) is 8.59. The molecule has 0 saturated heterocycles. The molecule has 0 atom stereocenters. The average Bonchev–Trinajstić information content (AvgIpc) is 3.23. The molecule has 0 bridgehead atoms. The van der Waals surface area contributed by atoms with Crippen molar-refractivity contribution >= 4 is 23.1 Å². The molecule has 2 aromatic carbocycles. The minimum Gasteiger partial charge on any atom is -0.462 e. The number of nitrogens with zero attached hydrogens (tertiary/aromatic N) is 2. The summed E-state index contributed by atoms with van der Waals surface area (Å²) in [5, 5.41) is 0.855. The molecule has 0 radical (unpaired) electrons. The lowest BCUT2D eigenvalue weighted by Crippen LogP contribution is -2.11. The molecule has 1 aromatic heterocycles. The number of hydrogen-bond donors (Lipinski definition) is 0. The van der Waals surface area contributed by atoms with Crippen molar-refractivity contribution in [1.82, 2.24) is 4.57 Å². The van der Waals surface area contributed by atoms with Crippen molar-refractivity contribution in [2.45, 2.75) is 40.2 Å². The lowest BCUT2D eigenvalue weighted by atomic mass is 10.0. The quantitative estimate of drug-likeness (QED) is 0.578. The van der Waals surface area contributed by atoms with Crippen LogP contribution in [0.2, 0.25) is 0 Å². The number of carbonyl (C=O) groups excluding carboxylic acids is 1. The van der Waals surface area contributed by atoms with Crippen molar-refractivity contribution in [3.05, 3.63) is 64.1 Å². The van der Waals surface area contributed by atoms with Gasteiger partial charge in [-0.25, -0.2) is 9.18 Å². The van der Waals surface area contributed by atoms with Gasteiger partial charge in [0.2, 0.25) is 0 Å². The molecule has 2 heterocycles. The smallest absolute Gasteiger partial charge is 0.340 e. The maximum absolute atomic E-state index is 13.9. The molecule has 4 nitrogen and oxygen atoms in total. The summed E-state index contributed by atoms with van der Waals surface area (Å²) in [4.78, 5) is 17.3. The highest BCUT2D eigenvalue weighted by atomic mass is 19.1. The topological polar surface area (TPSA) is 43.6 Å². The Morgan fingerprint density at radius 1 is 1.29 bits per heavy atom. The molecule has 3 aromatic rings. The molecule has 0 spiro atoms. The first-order valence-electron chi connectivity index (χ1n) is 9.57. The number of aliphatic imine (C=N–C) groups is 1. The molecular weight excluding hydrogens is 355 g/mol. The van der Waals surface area contributed by atoms with Crippen molar-refractivity contribution < 1.29 is 13.9 Å². The lowest BCUT2D eigenvalue weighted by molar-refractivity contribution is 0.0527. The van der Waals surface area contributed by atoms with E-state index < -0.39 is 0 Å². The lowest BCUT2D eigenvalue weighted by Gasteiger charge is -2.16. The Balaban J connectivity index is 2.12. The summed E-state index contributed by atoms with van der Waals surface area (Å²) in [5.74, 6) is -0.502. The van der Waals surface area contributed by atoms with Gasteiger partial charge in [0, 0.05) is 23.0 Å². The van der Waals surface area contributed by atoms with Gasteiger partial charge < -0.3 is 9.30 Å². The number of halogens is 1. The molecule has 0 aliphatic carbocycles. The van der Waals surface area contributed by atoms with E-state index in [0.717, 1.165) is 33.4 Å². The van der Waals surface area contributed by atoms with Crippen molar-refractivity contribution in [1.29, 1.82) is 0 Å². The van der Waals surface area contributed by atoms with Crippen LogP contribution >= 0.6 is 0 Å². The van der Waals surface area contributed by atoms with E-state index in [0.29, 0.717) is 24.3 Å². The number of fused-ring (bicyclic) bond motifs is 2. The van der Waals surface area contributed by atoms with E-state index in [1.54, 1.807) is 19.9 Å². The van der Waals surface area contributed by atoms with Crippen molar-refractivity contribution in [3.8, 4) is 5.69 Å². The van der Waals surface area contributed by atoms with Crippen LogP contribution in [-0.4, -0.2) is 23.4 Å². The van der Waals surface area contributed by atoms with E-state index >= 15 is 0 Å². The van der Waals surface area contributed by atoms with Gasteiger partial charge in [-0.15, -0.1) is 0 Å².